The Morgan fingerprint density at radius 3 is 2.00 bits per heavy atom. The van der Waals surface area contributed by atoms with Crippen LogP contribution < -0.4 is 21.1 Å². The molecule has 0 aliphatic rings. The summed E-state index contributed by atoms with van der Waals surface area (Å²) >= 11 is 0. The number of amides is 3. The van der Waals surface area contributed by atoms with Gasteiger partial charge in [-0.05, 0) is 87.7 Å². The maximum atomic E-state index is 12.4. The van der Waals surface area contributed by atoms with Crippen molar-refractivity contribution in [2.75, 3.05) is 44.4 Å². The molecular weight excluding hydrogens is 442 g/mol. The minimum Gasteiger partial charge on any atom is -0.457 e. The summed E-state index contributed by atoms with van der Waals surface area (Å²) in [6, 6.07) is 24.0. The zero-order chi connectivity index (χ0) is 25.0. The standard InChI is InChI=1S/C27H33N5O3/c1-31(19-21-9-11-23(12-10-21)30-27(28)34)17-6-18-32(2)20-26(33)29-22-13-15-25(16-14-22)35-24-7-4-3-5-8-24/h3-5,7-16H,6,17-20H2,1-2H3,(H,29,33)(H3,28,30,34). The highest BCUT2D eigenvalue weighted by atomic mass is 16.5. The molecule has 4 N–H and O–H groups in total. The van der Waals surface area contributed by atoms with E-state index in [1.54, 1.807) is 0 Å². The number of anilines is 2. The van der Waals surface area contributed by atoms with E-state index in [4.69, 9.17) is 10.5 Å². The Labute approximate surface area is 206 Å². The molecule has 3 aromatic carbocycles. The average molecular weight is 476 g/mol. The molecule has 0 radical (unpaired) electrons. The first kappa shape index (κ1) is 25.7. The Morgan fingerprint density at radius 1 is 0.771 bits per heavy atom. The van der Waals surface area contributed by atoms with E-state index in [9.17, 15) is 9.59 Å². The lowest BCUT2D eigenvalue weighted by atomic mass is 10.2. The second-order valence-corrected chi connectivity index (χ2v) is 8.50. The number of carbonyl (C=O) groups excluding carboxylic acids is 2. The number of nitrogens with two attached hydrogens (primary N) is 1. The first-order valence-electron chi connectivity index (χ1n) is 11.5. The predicted octanol–water partition coefficient (Wildman–Crippen LogP) is 4.36. The number of rotatable bonds is 12. The molecule has 0 saturated heterocycles. The van der Waals surface area contributed by atoms with E-state index in [-0.39, 0.29) is 5.91 Å². The third-order valence-electron chi connectivity index (χ3n) is 5.28. The molecule has 0 unspecified atom stereocenters. The maximum Gasteiger partial charge on any atom is 0.316 e. The number of para-hydroxylation sites is 1. The van der Waals surface area contributed by atoms with Crippen molar-refractivity contribution < 1.29 is 14.3 Å². The van der Waals surface area contributed by atoms with E-state index in [2.05, 4.69) is 22.6 Å². The van der Waals surface area contributed by atoms with Gasteiger partial charge in [-0.25, -0.2) is 4.79 Å². The number of urea groups is 1. The minimum atomic E-state index is -0.570. The number of hydrogen-bond acceptors (Lipinski definition) is 5. The largest absolute Gasteiger partial charge is 0.457 e. The van der Waals surface area contributed by atoms with Crippen molar-refractivity contribution in [3.63, 3.8) is 0 Å². The first-order chi connectivity index (χ1) is 16.9. The van der Waals surface area contributed by atoms with Crippen LogP contribution >= 0.6 is 0 Å². The topological polar surface area (TPSA) is 99.9 Å². The summed E-state index contributed by atoms with van der Waals surface area (Å²) in [6.45, 7) is 2.82. The van der Waals surface area contributed by atoms with Gasteiger partial charge in [0.15, 0.2) is 0 Å². The normalized spacial score (nSPS) is 10.9. The van der Waals surface area contributed by atoms with Gasteiger partial charge in [-0.15, -0.1) is 0 Å². The van der Waals surface area contributed by atoms with Gasteiger partial charge in [0.1, 0.15) is 11.5 Å². The molecule has 0 aromatic heterocycles. The fourth-order valence-electron chi connectivity index (χ4n) is 3.59. The Kier molecular flexibility index (Phi) is 9.65. The summed E-state index contributed by atoms with van der Waals surface area (Å²) in [5.74, 6) is 1.43. The lowest BCUT2D eigenvalue weighted by molar-refractivity contribution is -0.117. The van der Waals surface area contributed by atoms with Crippen LogP contribution in [-0.2, 0) is 11.3 Å². The number of benzene rings is 3. The van der Waals surface area contributed by atoms with Crippen molar-refractivity contribution in [3.8, 4) is 11.5 Å². The van der Waals surface area contributed by atoms with Gasteiger partial charge in [0.2, 0.25) is 5.91 Å². The first-order valence-corrected chi connectivity index (χ1v) is 11.5. The molecule has 0 fully saturated rings. The lowest BCUT2D eigenvalue weighted by Crippen LogP contribution is -2.32. The summed E-state index contributed by atoms with van der Waals surface area (Å²) in [7, 11) is 4.01. The van der Waals surface area contributed by atoms with Crippen LogP contribution in [0.1, 0.15) is 12.0 Å². The molecule has 3 rings (SSSR count). The molecule has 0 bridgehead atoms. The highest BCUT2D eigenvalue weighted by Crippen LogP contribution is 2.22. The molecule has 0 atom stereocenters. The van der Waals surface area contributed by atoms with Crippen LogP contribution in [0.5, 0.6) is 11.5 Å². The van der Waals surface area contributed by atoms with Crippen LogP contribution in [0.4, 0.5) is 16.2 Å². The number of carbonyl (C=O) groups is 2. The summed E-state index contributed by atoms with van der Waals surface area (Å²) in [4.78, 5) is 27.5. The van der Waals surface area contributed by atoms with Crippen molar-refractivity contribution in [2.45, 2.75) is 13.0 Å². The van der Waals surface area contributed by atoms with Crippen LogP contribution in [0.15, 0.2) is 78.9 Å². The average Bonchev–Trinajstić information content (AvgIpc) is 2.82. The van der Waals surface area contributed by atoms with Crippen molar-refractivity contribution in [1.82, 2.24) is 9.80 Å². The molecule has 35 heavy (non-hydrogen) atoms. The Morgan fingerprint density at radius 2 is 1.34 bits per heavy atom. The third kappa shape index (κ3) is 9.48. The molecule has 0 spiro atoms. The Bertz CT molecular complexity index is 1070. The molecule has 3 amide bonds. The van der Waals surface area contributed by atoms with Crippen molar-refractivity contribution in [3.05, 3.63) is 84.4 Å². The van der Waals surface area contributed by atoms with Gasteiger partial charge in [0.05, 0.1) is 6.54 Å². The van der Waals surface area contributed by atoms with E-state index >= 15 is 0 Å². The van der Waals surface area contributed by atoms with Gasteiger partial charge in [0, 0.05) is 17.9 Å². The quantitative estimate of drug-likeness (QED) is 0.361. The number of primary amides is 1. The molecule has 0 saturated carbocycles. The Balaban J connectivity index is 1.33. The number of nitrogens with zero attached hydrogens (tertiary/aromatic N) is 2. The lowest BCUT2D eigenvalue weighted by Gasteiger charge is -2.20. The number of ether oxygens (including phenoxy) is 1. The summed E-state index contributed by atoms with van der Waals surface area (Å²) in [5.41, 5.74) is 7.69. The summed E-state index contributed by atoms with van der Waals surface area (Å²) < 4.78 is 5.78. The number of hydrogen-bond donors (Lipinski definition) is 3. The molecule has 8 heteroatoms. The fraction of sp³-hybridized carbons (Fsp3) is 0.259. The maximum absolute atomic E-state index is 12.4. The molecular formula is C27H33N5O3. The number of nitrogens with one attached hydrogen (secondary N) is 2. The molecule has 0 aliphatic carbocycles. The van der Waals surface area contributed by atoms with Crippen LogP contribution in [0.2, 0.25) is 0 Å². The smallest absolute Gasteiger partial charge is 0.316 e. The van der Waals surface area contributed by atoms with Gasteiger partial charge in [-0.1, -0.05) is 30.3 Å². The van der Waals surface area contributed by atoms with Crippen molar-refractivity contribution in [2.24, 2.45) is 5.73 Å². The summed E-state index contributed by atoms with van der Waals surface area (Å²) in [5, 5.41) is 5.49. The second-order valence-electron chi connectivity index (χ2n) is 8.50. The molecule has 184 valence electrons. The number of likely N-dealkylation sites (N-methyl/N-ethyl adjacent to an activating group) is 1. The molecule has 3 aromatic rings. The Hall–Kier alpha value is -3.88. The zero-order valence-corrected chi connectivity index (χ0v) is 20.2. The molecule has 0 heterocycles. The second kappa shape index (κ2) is 13.1. The highest BCUT2D eigenvalue weighted by Gasteiger charge is 2.08. The summed E-state index contributed by atoms with van der Waals surface area (Å²) in [6.07, 6.45) is 0.938. The van der Waals surface area contributed by atoms with E-state index in [1.807, 2.05) is 90.8 Å². The molecule has 8 nitrogen and oxygen atoms in total. The monoisotopic (exact) mass is 475 g/mol. The highest BCUT2D eigenvalue weighted by molar-refractivity contribution is 5.92. The van der Waals surface area contributed by atoms with Crippen LogP contribution in [0.3, 0.4) is 0 Å². The third-order valence-corrected chi connectivity index (χ3v) is 5.28. The van der Waals surface area contributed by atoms with Crippen molar-refractivity contribution >= 4 is 23.3 Å². The van der Waals surface area contributed by atoms with Crippen LogP contribution in [0, 0.1) is 0 Å². The van der Waals surface area contributed by atoms with Gasteiger partial charge >= 0.3 is 6.03 Å². The predicted molar refractivity (Wildman–Crippen MR) is 140 cm³/mol. The van der Waals surface area contributed by atoms with E-state index in [0.717, 1.165) is 43.1 Å². The van der Waals surface area contributed by atoms with Crippen LogP contribution in [0.25, 0.3) is 0 Å². The van der Waals surface area contributed by atoms with Crippen LogP contribution in [-0.4, -0.2) is 55.5 Å². The van der Waals surface area contributed by atoms with E-state index in [1.165, 1.54) is 0 Å². The van der Waals surface area contributed by atoms with Gasteiger partial charge in [0.25, 0.3) is 0 Å². The zero-order valence-electron chi connectivity index (χ0n) is 20.2. The van der Waals surface area contributed by atoms with Crippen molar-refractivity contribution in [1.29, 1.82) is 0 Å². The van der Waals surface area contributed by atoms with E-state index < -0.39 is 6.03 Å². The minimum absolute atomic E-state index is 0.0535. The fourth-order valence-corrected chi connectivity index (χ4v) is 3.59. The SMILES string of the molecule is CN(CCCN(C)Cc1ccc(NC(N)=O)cc1)CC(=O)Nc1ccc(Oc2ccccc2)cc1. The molecule has 0 aliphatic heterocycles. The van der Waals surface area contributed by atoms with E-state index in [0.29, 0.717) is 18.0 Å². The van der Waals surface area contributed by atoms with Gasteiger partial charge < -0.3 is 26.0 Å². The van der Waals surface area contributed by atoms with Gasteiger partial charge in [-0.2, -0.15) is 0 Å². The van der Waals surface area contributed by atoms with Gasteiger partial charge in [-0.3, -0.25) is 9.69 Å².